The molecule has 1 aromatic carbocycles. The summed E-state index contributed by atoms with van der Waals surface area (Å²) in [4.78, 5) is -0.150. The molecule has 0 saturated carbocycles. The zero-order valence-corrected chi connectivity index (χ0v) is 14.9. The molecule has 0 aliphatic carbocycles. The molecule has 132 valence electrons. The molecule has 24 heavy (non-hydrogen) atoms. The number of rotatable bonds is 7. The Bertz CT molecular complexity index is 764. The Morgan fingerprint density at radius 3 is 2.50 bits per heavy atom. The molecule has 0 aliphatic rings. The van der Waals surface area contributed by atoms with Crippen LogP contribution in [0.5, 0.6) is 5.88 Å². The van der Waals surface area contributed by atoms with E-state index in [0.717, 1.165) is 19.3 Å². The van der Waals surface area contributed by atoms with Crippen LogP contribution in [-0.2, 0) is 9.84 Å². The first-order chi connectivity index (χ1) is 11.2. The van der Waals surface area contributed by atoms with Crippen LogP contribution in [0.4, 0.5) is 0 Å². The van der Waals surface area contributed by atoms with Gasteiger partial charge in [-0.1, -0.05) is 39.0 Å². The highest BCUT2D eigenvalue weighted by atomic mass is 32.2. The predicted molar refractivity (Wildman–Crippen MR) is 86.2 cm³/mol. The molecule has 1 heterocycles. The van der Waals surface area contributed by atoms with Crippen LogP contribution in [0.3, 0.4) is 0 Å². The lowest BCUT2D eigenvalue weighted by atomic mass is 9.90. The second-order valence-electron chi connectivity index (χ2n) is 6.72. The van der Waals surface area contributed by atoms with Gasteiger partial charge >= 0.3 is 10.9 Å². The summed E-state index contributed by atoms with van der Waals surface area (Å²) in [5, 5.41) is 14.5. The molecule has 2 rings (SSSR count). The number of ether oxygens (including phenoxy) is 1. The van der Waals surface area contributed by atoms with E-state index in [2.05, 4.69) is 30.6 Å². The molecule has 0 spiro atoms. The maximum Gasteiger partial charge on any atom is 0.414 e. The number of benzene rings is 1. The Morgan fingerprint density at radius 2 is 1.88 bits per heavy atom. The first kappa shape index (κ1) is 18.3. The lowest BCUT2D eigenvalue weighted by Gasteiger charge is -2.17. The molecule has 2 aromatic rings. The van der Waals surface area contributed by atoms with Gasteiger partial charge in [-0.2, -0.15) is 0 Å². The SMILES string of the molecule is CC(C)(C)CCCCOc1no[n+]([O-])c1S(=O)(=O)c1ccccc1. The average molecular weight is 354 g/mol. The van der Waals surface area contributed by atoms with Crippen molar-refractivity contribution in [3.63, 3.8) is 0 Å². The third-order valence-corrected chi connectivity index (χ3v) is 5.14. The minimum absolute atomic E-state index is 0.0182. The lowest BCUT2D eigenvalue weighted by molar-refractivity contribution is -0.832. The minimum atomic E-state index is -4.05. The molecule has 0 bridgehead atoms. The topological polar surface area (TPSA) is 96.3 Å². The Hall–Kier alpha value is -2.09. The van der Waals surface area contributed by atoms with Gasteiger partial charge in [0, 0.05) is 0 Å². The molecular weight excluding hydrogens is 332 g/mol. The van der Waals surface area contributed by atoms with Crippen molar-refractivity contribution in [2.45, 2.75) is 50.0 Å². The average Bonchev–Trinajstić information content (AvgIpc) is 2.88. The molecule has 7 nitrogen and oxygen atoms in total. The van der Waals surface area contributed by atoms with Gasteiger partial charge in [-0.15, -0.1) is 0 Å². The summed E-state index contributed by atoms with van der Waals surface area (Å²) in [5.41, 5.74) is 0.230. The zero-order chi connectivity index (χ0) is 17.8. The molecule has 0 atom stereocenters. The highest BCUT2D eigenvalue weighted by Gasteiger charge is 2.35. The summed E-state index contributed by atoms with van der Waals surface area (Å²) >= 11 is 0. The van der Waals surface area contributed by atoms with E-state index in [1.54, 1.807) is 18.2 Å². The number of unbranched alkanes of at least 4 members (excludes halogenated alkanes) is 1. The predicted octanol–water partition coefficient (Wildman–Crippen LogP) is 2.74. The van der Waals surface area contributed by atoms with Crippen molar-refractivity contribution < 1.29 is 22.7 Å². The summed E-state index contributed by atoms with van der Waals surface area (Å²) in [6.07, 6.45) is 2.68. The van der Waals surface area contributed by atoms with E-state index in [0.29, 0.717) is 0 Å². The Labute approximate surface area is 141 Å². The molecule has 0 saturated heterocycles. The van der Waals surface area contributed by atoms with Crippen molar-refractivity contribution in [1.82, 2.24) is 5.16 Å². The van der Waals surface area contributed by atoms with E-state index in [-0.39, 0.29) is 27.7 Å². The van der Waals surface area contributed by atoms with Crippen LogP contribution in [0.25, 0.3) is 0 Å². The standard InChI is InChI=1S/C16H22N2O5S/c1-16(2,3)11-7-8-12-22-14-15(18(19)23-17-14)24(20,21)13-9-5-4-6-10-13/h4-6,9-10H,7-8,11-12H2,1-3H3. The van der Waals surface area contributed by atoms with Crippen molar-refractivity contribution in [3.8, 4) is 5.88 Å². The number of sulfone groups is 1. The molecule has 0 fully saturated rings. The van der Waals surface area contributed by atoms with Crippen LogP contribution in [0, 0.1) is 10.6 Å². The van der Waals surface area contributed by atoms with Gasteiger partial charge in [-0.25, -0.2) is 8.42 Å². The molecule has 1 aromatic heterocycles. The van der Waals surface area contributed by atoms with Crippen molar-refractivity contribution in [2.75, 3.05) is 6.61 Å². The maximum atomic E-state index is 12.6. The Balaban J connectivity index is 2.09. The van der Waals surface area contributed by atoms with E-state index in [9.17, 15) is 13.6 Å². The van der Waals surface area contributed by atoms with Crippen LogP contribution in [0.15, 0.2) is 44.9 Å². The fourth-order valence-electron chi connectivity index (χ4n) is 2.17. The molecule has 0 amide bonds. The summed E-state index contributed by atoms with van der Waals surface area (Å²) in [6, 6.07) is 7.63. The molecule has 0 N–H and O–H groups in total. The molecule has 0 radical (unpaired) electrons. The summed E-state index contributed by atoms with van der Waals surface area (Å²) in [7, 11) is -4.05. The van der Waals surface area contributed by atoms with Crippen LogP contribution in [-0.4, -0.2) is 20.2 Å². The van der Waals surface area contributed by atoms with Crippen molar-refractivity contribution in [3.05, 3.63) is 35.5 Å². The quantitative estimate of drug-likeness (QED) is 0.560. The largest absolute Gasteiger partial charge is 0.454 e. The minimum Gasteiger partial charge on any atom is -0.454 e. The van der Waals surface area contributed by atoms with Crippen molar-refractivity contribution >= 4 is 9.84 Å². The second-order valence-corrected chi connectivity index (χ2v) is 8.59. The number of hydrogen-bond acceptors (Lipinski definition) is 6. The van der Waals surface area contributed by atoms with Gasteiger partial charge in [-0.05, 0) is 41.7 Å². The van der Waals surface area contributed by atoms with E-state index in [1.165, 1.54) is 12.1 Å². The lowest BCUT2D eigenvalue weighted by Crippen LogP contribution is -2.31. The van der Waals surface area contributed by atoms with Gasteiger partial charge in [0.05, 0.1) is 16.7 Å². The second kappa shape index (κ2) is 7.21. The third-order valence-electron chi connectivity index (χ3n) is 3.41. The van der Waals surface area contributed by atoms with Crippen LogP contribution >= 0.6 is 0 Å². The van der Waals surface area contributed by atoms with Crippen LogP contribution in [0.1, 0.15) is 40.0 Å². The van der Waals surface area contributed by atoms with E-state index >= 15 is 0 Å². The summed E-state index contributed by atoms with van der Waals surface area (Å²) < 4.78 is 34.9. The van der Waals surface area contributed by atoms with E-state index in [4.69, 9.17) is 4.74 Å². The summed E-state index contributed by atoms with van der Waals surface area (Å²) in [5.74, 6) is -0.301. The van der Waals surface area contributed by atoms with Gasteiger partial charge in [0.1, 0.15) is 0 Å². The fraction of sp³-hybridized carbons (Fsp3) is 0.500. The maximum absolute atomic E-state index is 12.6. The van der Waals surface area contributed by atoms with Crippen LogP contribution < -0.4 is 9.64 Å². The first-order valence-electron chi connectivity index (χ1n) is 7.74. The molecule has 8 heteroatoms. The smallest absolute Gasteiger partial charge is 0.414 e. The zero-order valence-electron chi connectivity index (χ0n) is 14.1. The normalized spacial score (nSPS) is 12.3. The van der Waals surface area contributed by atoms with Crippen LogP contribution in [0.2, 0.25) is 0 Å². The fourth-order valence-corrected chi connectivity index (χ4v) is 3.46. The highest BCUT2D eigenvalue weighted by Crippen LogP contribution is 2.25. The van der Waals surface area contributed by atoms with Gasteiger partial charge in [0.25, 0.3) is 9.84 Å². The summed E-state index contributed by atoms with van der Waals surface area (Å²) in [6.45, 7) is 6.71. The first-order valence-corrected chi connectivity index (χ1v) is 9.23. The van der Waals surface area contributed by atoms with Gasteiger partial charge in [0.15, 0.2) is 0 Å². The van der Waals surface area contributed by atoms with Gasteiger partial charge in [-0.3, -0.25) is 4.63 Å². The third kappa shape index (κ3) is 4.47. The van der Waals surface area contributed by atoms with Crippen molar-refractivity contribution in [1.29, 1.82) is 0 Å². The van der Waals surface area contributed by atoms with Gasteiger partial charge in [0.2, 0.25) is 0 Å². The number of aromatic nitrogens is 2. The Kier molecular flexibility index (Phi) is 5.48. The molecule has 0 aliphatic heterocycles. The van der Waals surface area contributed by atoms with E-state index in [1.807, 2.05) is 0 Å². The Morgan fingerprint density at radius 1 is 1.21 bits per heavy atom. The highest BCUT2D eigenvalue weighted by molar-refractivity contribution is 7.91. The van der Waals surface area contributed by atoms with Gasteiger partial charge < -0.3 is 9.94 Å². The van der Waals surface area contributed by atoms with E-state index < -0.39 is 14.9 Å². The number of hydrogen-bond donors (Lipinski definition) is 0. The van der Waals surface area contributed by atoms with Crippen molar-refractivity contribution in [2.24, 2.45) is 5.41 Å². The monoisotopic (exact) mass is 354 g/mol. The molecular formula is C16H22N2O5S. The number of nitrogens with zero attached hydrogens (tertiary/aromatic N) is 2. The molecule has 0 unspecified atom stereocenters.